The molecular formula is C38H23N5. The van der Waals surface area contributed by atoms with Crippen LogP contribution in [0.3, 0.4) is 0 Å². The summed E-state index contributed by atoms with van der Waals surface area (Å²) in [6, 6.07) is 44.8. The summed E-state index contributed by atoms with van der Waals surface area (Å²) in [5.74, 6) is 0.566. The van der Waals surface area contributed by atoms with Crippen molar-refractivity contribution in [3.8, 4) is 28.3 Å². The van der Waals surface area contributed by atoms with Crippen molar-refractivity contribution in [1.82, 2.24) is 24.5 Å². The van der Waals surface area contributed by atoms with Crippen molar-refractivity contribution in [3.05, 3.63) is 140 Å². The van der Waals surface area contributed by atoms with E-state index in [1.54, 1.807) is 12.4 Å². The summed E-state index contributed by atoms with van der Waals surface area (Å²) < 4.78 is 2.18. The van der Waals surface area contributed by atoms with Crippen LogP contribution in [-0.2, 0) is 0 Å². The van der Waals surface area contributed by atoms with Crippen molar-refractivity contribution in [2.45, 2.75) is 0 Å². The fraction of sp³-hybridized carbons (Fsp3) is 0. The number of hydrogen-bond acceptors (Lipinski definition) is 4. The zero-order valence-corrected chi connectivity index (χ0v) is 23.0. The van der Waals surface area contributed by atoms with Crippen molar-refractivity contribution in [2.75, 3.05) is 0 Å². The lowest BCUT2D eigenvalue weighted by atomic mass is 9.98. The van der Waals surface area contributed by atoms with E-state index in [1.807, 2.05) is 0 Å². The standard InChI is InChI=1S/C38H23N5/c1-2-10-25(11-3-1)30-15-8-16-32-34(30)31-22-27-13-6-7-14-28(27)23-33(31)43(32)38-41-35(36-37(42-38)40-20-19-39-36)29-18-17-24-9-4-5-12-26(24)21-29/h1-23H. The van der Waals surface area contributed by atoms with E-state index in [9.17, 15) is 0 Å². The van der Waals surface area contributed by atoms with Gasteiger partial charge in [-0.15, -0.1) is 0 Å². The van der Waals surface area contributed by atoms with Gasteiger partial charge in [-0.05, 0) is 56.9 Å². The smallest absolute Gasteiger partial charge is 0.237 e. The Hall–Kier alpha value is -5.94. The molecular weight excluding hydrogens is 526 g/mol. The Labute approximate surface area is 246 Å². The van der Waals surface area contributed by atoms with Gasteiger partial charge in [-0.25, -0.2) is 15.0 Å². The summed E-state index contributed by atoms with van der Waals surface area (Å²) in [6.07, 6.45) is 3.39. The molecule has 0 aliphatic rings. The lowest BCUT2D eigenvalue weighted by Crippen LogP contribution is -2.05. The van der Waals surface area contributed by atoms with Gasteiger partial charge in [0.2, 0.25) is 5.95 Å². The molecule has 3 heterocycles. The maximum Gasteiger partial charge on any atom is 0.237 e. The summed E-state index contributed by atoms with van der Waals surface area (Å²) in [5, 5.41) is 7.01. The van der Waals surface area contributed by atoms with Crippen LogP contribution in [0, 0.1) is 0 Å². The van der Waals surface area contributed by atoms with Gasteiger partial charge in [0.25, 0.3) is 0 Å². The van der Waals surface area contributed by atoms with Gasteiger partial charge >= 0.3 is 0 Å². The normalized spacial score (nSPS) is 11.7. The molecule has 9 rings (SSSR count). The first-order chi connectivity index (χ1) is 21.3. The van der Waals surface area contributed by atoms with Crippen molar-refractivity contribution < 1.29 is 0 Å². The predicted octanol–water partition coefficient (Wildman–Crippen LogP) is 9.16. The first kappa shape index (κ1) is 23.7. The van der Waals surface area contributed by atoms with Crippen molar-refractivity contribution in [3.63, 3.8) is 0 Å². The lowest BCUT2D eigenvalue weighted by Gasteiger charge is -2.11. The lowest BCUT2D eigenvalue weighted by molar-refractivity contribution is 0.999. The molecule has 0 amide bonds. The summed E-state index contributed by atoms with van der Waals surface area (Å²) >= 11 is 0. The molecule has 9 aromatic rings. The van der Waals surface area contributed by atoms with E-state index >= 15 is 0 Å². The Morgan fingerprint density at radius 2 is 1.21 bits per heavy atom. The van der Waals surface area contributed by atoms with Crippen LogP contribution < -0.4 is 0 Å². The zero-order chi connectivity index (χ0) is 28.3. The number of hydrogen-bond donors (Lipinski definition) is 0. The summed E-state index contributed by atoms with van der Waals surface area (Å²) in [5.41, 5.74) is 7.40. The monoisotopic (exact) mass is 549 g/mol. The number of aromatic nitrogens is 5. The van der Waals surface area contributed by atoms with Gasteiger partial charge in [0, 0.05) is 28.7 Å². The second-order valence-corrected chi connectivity index (χ2v) is 10.8. The highest BCUT2D eigenvalue weighted by atomic mass is 15.2. The van der Waals surface area contributed by atoms with Crippen molar-refractivity contribution in [2.24, 2.45) is 0 Å². The van der Waals surface area contributed by atoms with Crippen LogP contribution in [0.4, 0.5) is 0 Å². The quantitative estimate of drug-likeness (QED) is 0.220. The molecule has 0 radical (unpaired) electrons. The second kappa shape index (κ2) is 9.29. The number of benzene rings is 6. The topological polar surface area (TPSA) is 56.5 Å². The first-order valence-corrected chi connectivity index (χ1v) is 14.3. The van der Waals surface area contributed by atoms with E-state index in [1.165, 1.54) is 27.3 Å². The van der Waals surface area contributed by atoms with Crippen molar-refractivity contribution >= 4 is 54.5 Å². The SMILES string of the molecule is c1ccc(-c2cccc3c2c2cc4ccccc4cc2n3-c2nc(-c3ccc4ccccc4c3)c3nccnc3n2)cc1. The highest BCUT2D eigenvalue weighted by Gasteiger charge is 2.21. The third-order valence-electron chi connectivity index (χ3n) is 8.29. The Kier molecular flexibility index (Phi) is 5.13. The van der Waals surface area contributed by atoms with Crippen LogP contribution >= 0.6 is 0 Å². The molecule has 200 valence electrons. The average Bonchev–Trinajstić information content (AvgIpc) is 3.40. The van der Waals surface area contributed by atoms with Gasteiger partial charge in [0.05, 0.1) is 11.0 Å². The van der Waals surface area contributed by atoms with Gasteiger partial charge in [-0.2, -0.15) is 4.98 Å². The Balaban J connectivity index is 1.41. The highest BCUT2D eigenvalue weighted by Crippen LogP contribution is 2.40. The van der Waals surface area contributed by atoms with Gasteiger partial charge in [-0.3, -0.25) is 4.57 Å². The highest BCUT2D eigenvalue weighted by molar-refractivity contribution is 6.18. The number of rotatable bonds is 3. The van der Waals surface area contributed by atoms with Crippen LogP contribution in [0.25, 0.3) is 82.8 Å². The maximum atomic E-state index is 5.25. The zero-order valence-electron chi connectivity index (χ0n) is 23.0. The van der Waals surface area contributed by atoms with Crippen LogP contribution in [0.2, 0.25) is 0 Å². The van der Waals surface area contributed by atoms with Gasteiger partial charge in [0.1, 0.15) is 11.2 Å². The molecule has 3 aromatic heterocycles. The van der Waals surface area contributed by atoms with E-state index in [0.29, 0.717) is 17.1 Å². The molecule has 0 N–H and O–H groups in total. The van der Waals surface area contributed by atoms with E-state index in [4.69, 9.17) is 9.97 Å². The van der Waals surface area contributed by atoms with Crippen LogP contribution in [0.15, 0.2) is 140 Å². The molecule has 0 aliphatic carbocycles. The molecule has 6 aromatic carbocycles. The Morgan fingerprint density at radius 3 is 2.05 bits per heavy atom. The maximum absolute atomic E-state index is 5.25. The first-order valence-electron chi connectivity index (χ1n) is 14.3. The molecule has 5 heteroatoms. The molecule has 0 fully saturated rings. The largest absolute Gasteiger partial charge is 0.278 e. The molecule has 0 atom stereocenters. The summed E-state index contributed by atoms with van der Waals surface area (Å²) in [4.78, 5) is 19.6. The molecule has 5 nitrogen and oxygen atoms in total. The summed E-state index contributed by atoms with van der Waals surface area (Å²) in [6.45, 7) is 0. The average molecular weight is 550 g/mol. The minimum Gasteiger partial charge on any atom is -0.278 e. The molecule has 0 saturated carbocycles. The molecule has 0 spiro atoms. The Bertz CT molecular complexity index is 2510. The Morgan fingerprint density at radius 1 is 0.488 bits per heavy atom. The van der Waals surface area contributed by atoms with Crippen LogP contribution in [-0.4, -0.2) is 24.5 Å². The minimum atomic E-state index is 0.561. The van der Waals surface area contributed by atoms with E-state index in [-0.39, 0.29) is 0 Å². The van der Waals surface area contributed by atoms with E-state index in [2.05, 4.69) is 142 Å². The van der Waals surface area contributed by atoms with Gasteiger partial charge in [-0.1, -0.05) is 103 Å². The predicted molar refractivity (Wildman–Crippen MR) is 175 cm³/mol. The molecule has 0 saturated heterocycles. The molecule has 43 heavy (non-hydrogen) atoms. The summed E-state index contributed by atoms with van der Waals surface area (Å²) in [7, 11) is 0. The van der Waals surface area contributed by atoms with E-state index < -0.39 is 0 Å². The van der Waals surface area contributed by atoms with Crippen LogP contribution in [0.1, 0.15) is 0 Å². The minimum absolute atomic E-state index is 0.561. The second-order valence-electron chi connectivity index (χ2n) is 10.8. The number of fused-ring (bicyclic) bond motifs is 6. The van der Waals surface area contributed by atoms with E-state index in [0.717, 1.165) is 38.4 Å². The van der Waals surface area contributed by atoms with Gasteiger partial charge < -0.3 is 0 Å². The fourth-order valence-electron chi connectivity index (χ4n) is 6.32. The third kappa shape index (κ3) is 3.72. The number of nitrogens with zero attached hydrogens (tertiary/aromatic N) is 5. The molecule has 0 unspecified atom stereocenters. The molecule has 0 bridgehead atoms. The van der Waals surface area contributed by atoms with Gasteiger partial charge in [0.15, 0.2) is 5.65 Å². The van der Waals surface area contributed by atoms with Crippen molar-refractivity contribution in [1.29, 1.82) is 0 Å². The fourth-order valence-corrected chi connectivity index (χ4v) is 6.32. The molecule has 0 aliphatic heterocycles. The van der Waals surface area contributed by atoms with Crippen LogP contribution in [0.5, 0.6) is 0 Å². The third-order valence-corrected chi connectivity index (χ3v) is 8.29.